The van der Waals surface area contributed by atoms with Crippen LogP contribution in [0.1, 0.15) is 73.1 Å². The molecule has 0 spiro atoms. The molecule has 3 rings (SSSR count). The standard InChI is InChI=1S/C10H18ClN3.C7H13N.C2H6.CH4/c1-6-3-2-4-7(9(11)12)8(5-6)10(13)14;1-2-6-4-8-5-7(6)3-1;1-2;/h6H,2-5,12-14H2,1H3;6-8H,1-5H2;1-2H3;1H4/b9-7-;;;. The van der Waals surface area contributed by atoms with Crippen LogP contribution in [-0.4, -0.2) is 13.1 Å². The molecule has 25 heavy (non-hydrogen) atoms. The highest BCUT2D eigenvalue weighted by Crippen LogP contribution is 2.34. The average Bonchev–Trinajstić information content (AvgIpc) is 3.11. The maximum Gasteiger partial charge on any atom is 0.103 e. The molecule has 4 nitrogen and oxygen atoms in total. The number of fused-ring (bicyclic) bond motifs is 1. The lowest BCUT2D eigenvalue weighted by atomic mass is 9.97. The topological polar surface area (TPSA) is 90.1 Å². The normalized spacial score (nSPS) is 29.8. The Kier molecular flexibility index (Phi) is 12.0. The smallest absolute Gasteiger partial charge is 0.103 e. The van der Waals surface area contributed by atoms with Gasteiger partial charge in [0.2, 0.25) is 0 Å². The number of hydrogen-bond acceptors (Lipinski definition) is 4. The van der Waals surface area contributed by atoms with Gasteiger partial charge in [0.1, 0.15) is 5.16 Å². The van der Waals surface area contributed by atoms with Gasteiger partial charge in [0.05, 0.1) is 5.82 Å². The van der Waals surface area contributed by atoms with Crippen LogP contribution in [0.25, 0.3) is 0 Å². The molecule has 0 radical (unpaired) electrons. The van der Waals surface area contributed by atoms with Crippen molar-refractivity contribution < 1.29 is 0 Å². The van der Waals surface area contributed by atoms with Crippen molar-refractivity contribution in [2.75, 3.05) is 13.1 Å². The van der Waals surface area contributed by atoms with Crippen molar-refractivity contribution in [3.8, 4) is 0 Å². The van der Waals surface area contributed by atoms with E-state index in [2.05, 4.69) is 12.2 Å². The Bertz CT molecular complexity index is 417. The first kappa shape index (κ1) is 24.1. The fourth-order valence-corrected chi connectivity index (χ4v) is 4.22. The third-order valence-corrected chi connectivity index (χ3v) is 5.53. The molecule has 3 aliphatic rings. The van der Waals surface area contributed by atoms with Gasteiger partial charge in [0.25, 0.3) is 0 Å². The van der Waals surface area contributed by atoms with Crippen LogP contribution in [0.4, 0.5) is 0 Å². The minimum Gasteiger partial charge on any atom is -0.389 e. The van der Waals surface area contributed by atoms with Gasteiger partial charge in [0, 0.05) is 0 Å². The monoisotopic (exact) mass is 372 g/mol. The fourth-order valence-electron chi connectivity index (χ4n) is 4.01. The molecule has 3 fully saturated rings. The summed E-state index contributed by atoms with van der Waals surface area (Å²) in [6.45, 7) is 8.81. The number of halogens is 1. The van der Waals surface area contributed by atoms with E-state index in [9.17, 15) is 0 Å². The summed E-state index contributed by atoms with van der Waals surface area (Å²) in [7, 11) is 0. The third-order valence-electron chi connectivity index (χ3n) is 5.31. The molecule has 0 aromatic carbocycles. The number of nitrogens with one attached hydrogen (secondary N) is 1. The van der Waals surface area contributed by atoms with Gasteiger partial charge in [-0.15, -0.1) is 0 Å². The quantitative estimate of drug-likeness (QED) is 0.374. The number of nitrogens with two attached hydrogens (primary N) is 3. The van der Waals surface area contributed by atoms with Crippen molar-refractivity contribution in [1.82, 2.24) is 5.32 Å². The molecule has 148 valence electrons. The van der Waals surface area contributed by atoms with Gasteiger partial charge >= 0.3 is 0 Å². The zero-order chi connectivity index (χ0) is 18.1. The lowest BCUT2D eigenvalue weighted by Crippen LogP contribution is -2.15. The first-order chi connectivity index (χ1) is 11.5. The maximum absolute atomic E-state index is 5.83. The van der Waals surface area contributed by atoms with Crippen molar-refractivity contribution >= 4 is 11.6 Å². The zero-order valence-corrected chi connectivity index (χ0v) is 16.5. The van der Waals surface area contributed by atoms with E-state index in [1.54, 1.807) is 0 Å². The minimum atomic E-state index is 0. The Labute approximate surface area is 160 Å². The van der Waals surface area contributed by atoms with E-state index in [4.69, 9.17) is 28.8 Å². The van der Waals surface area contributed by atoms with Crippen molar-refractivity contribution in [2.45, 2.75) is 73.1 Å². The Morgan fingerprint density at radius 3 is 2.00 bits per heavy atom. The van der Waals surface area contributed by atoms with E-state index in [0.29, 0.717) is 16.9 Å². The van der Waals surface area contributed by atoms with Crippen LogP contribution in [-0.2, 0) is 0 Å². The molecular weight excluding hydrogens is 332 g/mol. The third kappa shape index (κ3) is 7.49. The Morgan fingerprint density at radius 1 is 0.960 bits per heavy atom. The van der Waals surface area contributed by atoms with Gasteiger partial charge < -0.3 is 22.5 Å². The van der Waals surface area contributed by atoms with Gasteiger partial charge in [-0.1, -0.05) is 52.6 Å². The Hall–Kier alpha value is -0.870. The summed E-state index contributed by atoms with van der Waals surface area (Å²) in [5.41, 5.74) is 18.8. The Morgan fingerprint density at radius 2 is 1.52 bits per heavy atom. The summed E-state index contributed by atoms with van der Waals surface area (Å²) in [6, 6.07) is 0. The van der Waals surface area contributed by atoms with Crippen LogP contribution in [0.3, 0.4) is 0 Å². The molecule has 0 aromatic rings. The van der Waals surface area contributed by atoms with E-state index in [-0.39, 0.29) is 7.43 Å². The maximum atomic E-state index is 5.83. The molecule has 2 aliphatic carbocycles. The molecule has 0 amide bonds. The molecule has 5 heteroatoms. The molecule has 1 aliphatic heterocycles. The van der Waals surface area contributed by atoms with Gasteiger partial charge in [-0.2, -0.15) is 0 Å². The highest BCUT2D eigenvalue weighted by Gasteiger charge is 2.30. The number of rotatable bonds is 0. The summed E-state index contributed by atoms with van der Waals surface area (Å²) in [5.74, 6) is 3.09. The van der Waals surface area contributed by atoms with Gasteiger partial charge in [-0.05, 0) is 74.1 Å². The summed E-state index contributed by atoms with van der Waals surface area (Å²) in [4.78, 5) is 0. The second-order valence-corrected chi connectivity index (χ2v) is 7.48. The second kappa shape index (κ2) is 12.5. The van der Waals surface area contributed by atoms with E-state index < -0.39 is 0 Å². The minimum absolute atomic E-state index is 0. The van der Waals surface area contributed by atoms with Gasteiger partial charge in [-0.3, -0.25) is 0 Å². The molecule has 7 N–H and O–H groups in total. The molecular formula is C20H41ClN4. The van der Waals surface area contributed by atoms with E-state index in [1.165, 1.54) is 38.8 Å². The van der Waals surface area contributed by atoms with Crippen LogP contribution in [0.5, 0.6) is 0 Å². The van der Waals surface area contributed by atoms with Crippen molar-refractivity contribution in [2.24, 2.45) is 35.0 Å². The largest absolute Gasteiger partial charge is 0.389 e. The summed E-state index contributed by atoms with van der Waals surface area (Å²) in [6.07, 6.45) is 8.52. The van der Waals surface area contributed by atoms with Crippen molar-refractivity contribution in [1.29, 1.82) is 0 Å². The summed E-state index contributed by atoms with van der Waals surface area (Å²) in [5, 5.41) is 3.76. The lowest BCUT2D eigenvalue weighted by Gasteiger charge is -2.12. The van der Waals surface area contributed by atoms with Gasteiger partial charge in [0.15, 0.2) is 0 Å². The highest BCUT2D eigenvalue weighted by atomic mass is 35.5. The van der Waals surface area contributed by atoms with Crippen molar-refractivity contribution in [3.05, 3.63) is 22.1 Å². The van der Waals surface area contributed by atoms with E-state index >= 15 is 0 Å². The zero-order valence-electron chi connectivity index (χ0n) is 15.7. The van der Waals surface area contributed by atoms with Crippen LogP contribution < -0.4 is 22.5 Å². The van der Waals surface area contributed by atoms with Crippen LogP contribution in [0.15, 0.2) is 22.1 Å². The molecule has 1 heterocycles. The van der Waals surface area contributed by atoms with Crippen LogP contribution in [0, 0.1) is 17.8 Å². The van der Waals surface area contributed by atoms with E-state index in [1.807, 2.05) is 13.8 Å². The molecule has 2 saturated carbocycles. The predicted molar refractivity (Wildman–Crippen MR) is 112 cm³/mol. The van der Waals surface area contributed by atoms with Crippen molar-refractivity contribution in [3.63, 3.8) is 0 Å². The Balaban J connectivity index is 0.000000443. The SMILES string of the molecule is C.C1CC2CNCC2C1.CC.CC1CCC/C(=C(/N)Cl)C(=C(N)N)C1. The first-order valence-corrected chi connectivity index (χ1v) is 9.96. The first-order valence-electron chi connectivity index (χ1n) is 9.58. The molecule has 3 unspecified atom stereocenters. The number of hydrogen-bond donors (Lipinski definition) is 4. The average molecular weight is 373 g/mol. The van der Waals surface area contributed by atoms with E-state index in [0.717, 1.165) is 42.2 Å². The lowest BCUT2D eigenvalue weighted by molar-refractivity contribution is 0.494. The van der Waals surface area contributed by atoms with Crippen LogP contribution in [0.2, 0.25) is 0 Å². The molecule has 1 saturated heterocycles. The fraction of sp³-hybridized carbons (Fsp3) is 0.800. The van der Waals surface area contributed by atoms with Crippen LogP contribution >= 0.6 is 11.6 Å². The highest BCUT2D eigenvalue weighted by molar-refractivity contribution is 6.29. The predicted octanol–water partition coefficient (Wildman–Crippen LogP) is 4.40. The second-order valence-electron chi connectivity index (χ2n) is 7.07. The number of allylic oxidation sites excluding steroid dienone is 2. The molecule has 0 bridgehead atoms. The molecule has 0 aromatic heterocycles. The summed E-state index contributed by atoms with van der Waals surface area (Å²) >= 11 is 5.83. The summed E-state index contributed by atoms with van der Waals surface area (Å²) < 4.78 is 0. The van der Waals surface area contributed by atoms with Gasteiger partial charge in [-0.25, -0.2) is 0 Å². The molecule has 3 atom stereocenters.